The summed E-state index contributed by atoms with van der Waals surface area (Å²) >= 11 is 0. The fourth-order valence-corrected chi connectivity index (χ4v) is 2.54. The molecule has 29 heavy (non-hydrogen) atoms. The summed E-state index contributed by atoms with van der Waals surface area (Å²) in [6.45, 7) is 0. The van der Waals surface area contributed by atoms with E-state index in [-0.39, 0.29) is 17.9 Å². The predicted octanol–water partition coefficient (Wildman–Crippen LogP) is 1.12. The van der Waals surface area contributed by atoms with Gasteiger partial charge in [0.05, 0.1) is 24.5 Å². The van der Waals surface area contributed by atoms with Crippen LogP contribution in [0.3, 0.4) is 0 Å². The molecule has 0 spiro atoms. The van der Waals surface area contributed by atoms with Gasteiger partial charge in [0.2, 0.25) is 0 Å². The van der Waals surface area contributed by atoms with Crippen LogP contribution in [-0.4, -0.2) is 23.8 Å². The third kappa shape index (κ3) is 5.46. The Bertz CT molecular complexity index is 991. The van der Waals surface area contributed by atoms with Crippen molar-refractivity contribution in [3.8, 4) is 0 Å². The number of aliphatic carboxylic acids is 1. The fourth-order valence-electron chi connectivity index (χ4n) is 2.54. The van der Waals surface area contributed by atoms with Gasteiger partial charge in [0.1, 0.15) is 11.5 Å². The molecule has 3 rings (SSSR count). The Morgan fingerprint density at radius 2 is 1.69 bits per heavy atom. The number of hydrogen-bond acceptors (Lipinski definition) is 6. The molecule has 0 radical (unpaired) electrons. The smallest absolute Gasteiger partial charge is 0.291 e. The summed E-state index contributed by atoms with van der Waals surface area (Å²) in [6.07, 6.45) is 4.02. The maximum atomic E-state index is 12.7. The molecule has 1 atom stereocenters. The Balaban J connectivity index is 1.79. The average Bonchev–Trinajstić information content (AvgIpc) is 3.41. The van der Waals surface area contributed by atoms with Crippen LogP contribution in [0, 0.1) is 0 Å². The summed E-state index contributed by atoms with van der Waals surface area (Å²) in [5, 5.41) is 16.3. The second-order valence-electron chi connectivity index (χ2n) is 6.04. The van der Waals surface area contributed by atoms with Crippen LogP contribution in [-0.2, 0) is 16.0 Å². The molecule has 2 N–H and O–H groups in total. The van der Waals surface area contributed by atoms with E-state index in [1.54, 1.807) is 42.5 Å². The van der Waals surface area contributed by atoms with Gasteiger partial charge in [-0.15, -0.1) is 0 Å². The summed E-state index contributed by atoms with van der Waals surface area (Å²) in [5.41, 5.74) is 0.499. The molecule has 2 amide bonds. The number of amides is 2. The maximum Gasteiger partial charge on any atom is 0.291 e. The summed E-state index contributed by atoms with van der Waals surface area (Å²) in [5.74, 6) is -2.65. The molecular weight excluding hydrogens is 376 g/mol. The number of benzene rings is 1. The molecule has 8 heteroatoms. The van der Waals surface area contributed by atoms with Crippen molar-refractivity contribution in [3.63, 3.8) is 0 Å². The van der Waals surface area contributed by atoms with Crippen molar-refractivity contribution in [2.75, 3.05) is 0 Å². The predicted molar refractivity (Wildman–Crippen MR) is 99.9 cm³/mol. The number of furan rings is 2. The largest absolute Gasteiger partial charge is 0.548 e. The Hall–Kier alpha value is -4.07. The number of carbonyl (C=O) groups is 3. The van der Waals surface area contributed by atoms with Crippen LogP contribution in [0.5, 0.6) is 0 Å². The van der Waals surface area contributed by atoms with Gasteiger partial charge < -0.3 is 29.4 Å². The van der Waals surface area contributed by atoms with E-state index >= 15 is 0 Å². The maximum absolute atomic E-state index is 12.7. The highest BCUT2D eigenvalue weighted by atomic mass is 16.4. The van der Waals surface area contributed by atoms with Gasteiger partial charge in [0.25, 0.3) is 11.8 Å². The number of carboxylic acids is 1. The summed E-state index contributed by atoms with van der Waals surface area (Å²) in [6, 6.07) is 13.6. The van der Waals surface area contributed by atoms with Crippen molar-refractivity contribution in [3.05, 3.63) is 89.9 Å². The fraction of sp³-hybridized carbons (Fsp3) is 0.0952. The van der Waals surface area contributed by atoms with Crippen LogP contribution in [0.15, 0.2) is 81.7 Å². The summed E-state index contributed by atoms with van der Waals surface area (Å²) in [7, 11) is 0. The average molecular weight is 393 g/mol. The van der Waals surface area contributed by atoms with E-state index < -0.39 is 23.8 Å². The number of rotatable bonds is 8. The van der Waals surface area contributed by atoms with Crippen molar-refractivity contribution in [1.82, 2.24) is 10.6 Å². The number of nitrogens with one attached hydrogen (secondary N) is 2. The molecule has 0 unspecified atom stereocenters. The molecule has 148 valence electrons. The van der Waals surface area contributed by atoms with E-state index in [0.29, 0.717) is 11.3 Å². The molecular formula is C21H17N2O6-. The number of carbonyl (C=O) groups excluding carboxylic acids is 3. The minimum Gasteiger partial charge on any atom is -0.548 e. The molecule has 1 aromatic carbocycles. The van der Waals surface area contributed by atoms with E-state index in [9.17, 15) is 19.5 Å². The molecule has 0 aliphatic carbocycles. The molecule has 3 aromatic rings. The highest BCUT2D eigenvalue weighted by Crippen LogP contribution is 2.09. The van der Waals surface area contributed by atoms with Crippen LogP contribution >= 0.6 is 0 Å². The van der Waals surface area contributed by atoms with Crippen LogP contribution < -0.4 is 15.7 Å². The van der Waals surface area contributed by atoms with Crippen LogP contribution in [0.1, 0.15) is 21.9 Å². The monoisotopic (exact) mass is 393 g/mol. The van der Waals surface area contributed by atoms with Gasteiger partial charge in [0, 0.05) is 6.08 Å². The Morgan fingerprint density at radius 1 is 0.966 bits per heavy atom. The Labute approximate surface area is 165 Å². The SMILES string of the molecule is O=C(N[C@H](Cc1ccccc1)C(=O)[O-])/C(=C\c1ccco1)NC(=O)c1ccco1. The van der Waals surface area contributed by atoms with Gasteiger partial charge in [-0.2, -0.15) is 0 Å². The van der Waals surface area contributed by atoms with Gasteiger partial charge in [-0.25, -0.2) is 0 Å². The van der Waals surface area contributed by atoms with Crippen molar-refractivity contribution >= 4 is 23.9 Å². The summed E-state index contributed by atoms with van der Waals surface area (Å²) in [4.78, 5) is 36.5. The minimum atomic E-state index is -1.45. The first-order chi connectivity index (χ1) is 14.0. The molecule has 0 bridgehead atoms. The lowest BCUT2D eigenvalue weighted by atomic mass is 10.1. The molecule has 0 saturated heterocycles. The van der Waals surface area contributed by atoms with Gasteiger partial charge in [-0.3, -0.25) is 9.59 Å². The van der Waals surface area contributed by atoms with E-state index in [4.69, 9.17) is 8.83 Å². The lowest BCUT2D eigenvalue weighted by Gasteiger charge is -2.21. The highest BCUT2D eigenvalue weighted by Gasteiger charge is 2.21. The van der Waals surface area contributed by atoms with E-state index in [1.165, 1.54) is 30.7 Å². The third-order valence-electron chi connectivity index (χ3n) is 3.94. The standard InChI is InChI=1S/C21H18N2O6/c24-19(23-17(21(26)27)12-14-6-2-1-3-7-14)16(13-15-8-4-10-28-15)22-20(25)18-9-5-11-29-18/h1-11,13,17H,12H2,(H,22,25)(H,23,24)(H,26,27)/p-1/b16-13+/t17-/m1/s1. The first-order valence-electron chi connectivity index (χ1n) is 8.68. The highest BCUT2D eigenvalue weighted by molar-refractivity contribution is 6.05. The second-order valence-corrected chi connectivity index (χ2v) is 6.04. The normalized spacial score (nSPS) is 12.2. The van der Waals surface area contributed by atoms with E-state index in [2.05, 4.69) is 10.6 Å². The molecule has 0 aliphatic heterocycles. The number of carboxylic acid groups (broad SMARTS) is 1. The van der Waals surface area contributed by atoms with Gasteiger partial charge in [-0.05, 0) is 36.2 Å². The van der Waals surface area contributed by atoms with Gasteiger partial charge in [-0.1, -0.05) is 30.3 Å². The van der Waals surface area contributed by atoms with Crippen molar-refractivity contribution in [2.24, 2.45) is 0 Å². The first kappa shape index (κ1) is 19.7. The van der Waals surface area contributed by atoms with E-state index in [0.717, 1.165) is 0 Å². The lowest BCUT2D eigenvalue weighted by molar-refractivity contribution is -0.308. The van der Waals surface area contributed by atoms with E-state index in [1.807, 2.05) is 0 Å². The van der Waals surface area contributed by atoms with Crippen LogP contribution in [0.4, 0.5) is 0 Å². The zero-order valence-corrected chi connectivity index (χ0v) is 15.2. The zero-order chi connectivity index (χ0) is 20.6. The van der Waals surface area contributed by atoms with Crippen LogP contribution in [0.2, 0.25) is 0 Å². The number of hydrogen-bond donors (Lipinski definition) is 2. The first-order valence-corrected chi connectivity index (χ1v) is 8.68. The van der Waals surface area contributed by atoms with Gasteiger partial charge >= 0.3 is 0 Å². The second kappa shape index (κ2) is 9.23. The van der Waals surface area contributed by atoms with Gasteiger partial charge in [0.15, 0.2) is 5.76 Å². The molecule has 8 nitrogen and oxygen atoms in total. The van der Waals surface area contributed by atoms with Crippen molar-refractivity contribution in [1.29, 1.82) is 0 Å². The lowest BCUT2D eigenvalue weighted by Crippen LogP contribution is -2.50. The Kier molecular flexibility index (Phi) is 6.26. The molecule has 2 aromatic heterocycles. The molecule has 0 fully saturated rings. The van der Waals surface area contributed by atoms with Crippen LogP contribution in [0.25, 0.3) is 6.08 Å². The van der Waals surface area contributed by atoms with Crippen molar-refractivity contribution in [2.45, 2.75) is 12.5 Å². The molecule has 0 saturated carbocycles. The zero-order valence-electron chi connectivity index (χ0n) is 15.2. The minimum absolute atomic E-state index is 0.0103. The van der Waals surface area contributed by atoms with Crippen molar-refractivity contribution < 1.29 is 28.3 Å². The molecule has 0 aliphatic rings. The quantitative estimate of drug-likeness (QED) is 0.553. The topological polar surface area (TPSA) is 125 Å². The summed E-state index contributed by atoms with van der Waals surface area (Å²) < 4.78 is 10.2. The third-order valence-corrected chi connectivity index (χ3v) is 3.94. The molecule has 2 heterocycles. The Morgan fingerprint density at radius 3 is 2.31 bits per heavy atom.